The van der Waals surface area contributed by atoms with Crippen LogP contribution in [0.5, 0.6) is 0 Å². The number of aromatic nitrogens is 5. The monoisotopic (exact) mass is 453 g/mol. The van der Waals surface area contributed by atoms with Gasteiger partial charge in [-0.05, 0) is 25.0 Å². The summed E-state index contributed by atoms with van der Waals surface area (Å²) in [6.45, 7) is 6.36. The molecule has 0 spiro atoms. The third-order valence-electron chi connectivity index (χ3n) is 5.69. The van der Waals surface area contributed by atoms with E-state index in [-0.39, 0.29) is 29.9 Å². The van der Waals surface area contributed by atoms with Gasteiger partial charge in [-0.2, -0.15) is 5.10 Å². The van der Waals surface area contributed by atoms with Gasteiger partial charge in [0, 0.05) is 23.7 Å². The van der Waals surface area contributed by atoms with Crippen LogP contribution in [-0.2, 0) is 6.54 Å². The second-order valence-corrected chi connectivity index (χ2v) is 8.45. The van der Waals surface area contributed by atoms with Crippen LogP contribution in [0.3, 0.4) is 0 Å². The molecule has 3 aromatic heterocycles. The molecule has 0 amide bonds. The standard InChI is InChI=1S/C23H25F2N7O/c1-14(2)23(3,26)13-28-21-17(25)11-27-22(29-21)19-10-20(18-8-9-33-31-18)32(30-19)12-15-6-4-5-7-16(15)24/h4-11,14H,12-13,26H2,1-3H3,(H,27,28,29). The van der Waals surface area contributed by atoms with E-state index in [0.29, 0.717) is 29.2 Å². The Labute approximate surface area is 189 Å². The fraction of sp³-hybridized carbons (Fsp3) is 0.304. The zero-order valence-electron chi connectivity index (χ0n) is 18.6. The molecule has 0 aliphatic rings. The average molecular weight is 453 g/mol. The van der Waals surface area contributed by atoms with Crippen molar-refractivity contribution in [1.29, 1.82) is 0 Å². The van der Waals surface area contributed by atoms with E-state index in [0.717, 1.165) is 6.20 Å². The lowest BCUT2D eigenvalue weighted by Crippen LogP contribution is -2.48. The Bertz CT molecular complexity index is 1240. The Balaban J connectivity index is 1.68. The van der Waals surface area contributed by atoms with Gasteiger partial charge in [0.25, 0.3) is 0 Å². The number of rotatable bonds is 8. The van der Waals surface area contributed by atoms with E-state index in [1.807, 2.05) is 20.8 Å². The molecule has 0 radical (unpaired) electrons. The molecule has 1 unspecified atom stereocenters. The predicted octanol–water partition coefficient (Wildman–Crippen LogP) is 4.11. The molecule has 172 valence electrons. The Morgan fingerprint density at radius 1 is 1.15 bits per heavy atom. The van der Waals surface area contributed by atoms with Gasteiger partial charge in [-0.1, -0.05) is 37.2 Å². The molecule has 1 aromatic carbocycles. The average Bonchev–Trinajstić information content (AvgIpc) is 3.45. The van der Waals surface area contributed by atoms with Crippen molar-refractivity contribution in [2.45, 2.75) is 32.9 Å². The van der Waals surface area contributed by atoms with Crippen molar-refractivity contribution >= 4 is 5.82 Å². The lowest BCUT2D eigenvalue weighted by molar-refractivity contribution is 0.358. The molecule has 10 heteroatoms. The van der Waals surface area contributed by atoms with Gasteiger partial charge in [-0.25, -0.2) is 18.7 Å². The third kappa shape index (κ3) is 4.90. The molecule has 1 atom stereocenters. The fourth-order valence-electron chi connectivity index (χ4n) is 3.08. The van der Waals surface area contributed by atoms with E-state index < -0.39 is 11.4 Å². The molecule has 0 saturated carbocycles. The van der Waals surface area contributed by atoms with Crippen molar-refractivity contribution in [3.05, 3.63) is 66.1 Å². The minimum absolute atomic E-state index is 0.0314. The Morgan fingerprint density at radius 3 is 2.64 bits per heavy atom. The van der Waals surface area contributed by atoms with E-state index in [2.05, 4.69) is 25.5 Å². The summed E-state index contributed by atoms with van der Waals surface area (Å²) in [4.78, 5) is 8.42. The number of halogens is 2. The van der Waals surface area contributed by atoms with Gasteiger partial charge < -0.3 is 15.6 Å². The van der Waals surface area contributed by atoms with Crippen molar-refractivity contribution in [2.75, 3.05) is 11.9 Å². The van der Waals surface area contributed by atoms with E-state index in [1.165, 1.54) is 12.3 Å². The quantitative estimate of drug-likeness (QED) is 0.413. The molecule has 3 heterocycles. The molecule has 0 bridgehead atoms. The minimum Gasteiger partial charge on any atom is -0.366 e. The second-order valence-electron chi connectivity index (χ2n) is 8.45. The Morgan fingerprint density at radius 2 is 1.94 bits per heavy atom. The van der Waals surface area contributed by atoms with Crippen LogP contribution < -0.4 is 11.1 Å². The second kappa shape index (κ2) is 9.07. The van der Waals surface area contributed by atoms with Crippen molar-refractivity contribution in [3.8, 4) is 22.9 Å². The van der Waals surface area contributed by atoms with Gasteiger partial charge in [-0.3, -0.25) is 4.68 Å². The maximum absolute atomic E-state index is 14.4. The number of hydrogen-bond acceptors (Lipinski definition) is 7. The maximum Gasteiger partial charge on any atom is 0.183 e. The van der Waals surface area contributed by atoms with E-state index in [4.69, 9.17) is 10.3 Å². The van der Waals surface area contributed by atoms with Crippen LogP contribution in [0.2, 0.25) is 0 Å². The minimum atomic E-state index is -0.596. The summed E-state index contributed by atoms with van der Waals surface area (Å²) in [7, 11) is 0. The summed E-state index contributed by atoms with van der Waals surface area (Å²) < 4.78 is 35.2. The highest BCUT2D eigenvalue weighted by Gasteiger charge is 2.24. The molecule has 0 aliphatic carbocycles. The van der Waals surface area contributed by atoms with Gasteiger partial charge in [0.05, 0.1) is 18.4 Å². The van der Waals surface area contributed by atoms with Crippen LogP contribution in [0.15, 0.2) is 53.4 Å². The van der Waals surface area contributed by atoms with Gasteiger partial charge in [0.15, 0.2) is 17.5 Å². The summed E-state index contributed by atoms with van der Waals surface area (Å²) in [5, 5.41) is 11.5. The van der Waals surface area contributed by atoms with Crippen LogP contribution >= 0.6 is 0 Å². The first-order chi connectivity index (χ1) is 15.7. The summed E-state index contributed by atoms with van der Waals surface area (Å²) in [5.41, 5.74) is 7.66. The molecule has 4 rings (SSSR count). The lowest BCUT2D eigenvalue weighted by atomic mass is 9.90. The first kappa shape index (κ1) is 22.5. The first-order valence-electron chi connectivity index (χ1n) is 10.5. The van der Waals surface area contributed by atoms with E-state index >= 15 is 0 Å². The van der Waals surface area contributed by atoms with Crippen LogP contribution in [0.25, 0.3) is 22.9 Å². The molecule has 0 aliphatic heterocycles. The molecular formula is C23H25F2N7O. The largest absolute Gasteiger partial charge is 0.366 e. The molecular weight excluding hydrogens is 428 g/mol. The van der Waals surface area contributed by atoms with Crippen molar-refractivity contribution < 1.29 is 13.3 Å². The number of anilines is 1. The predicted molar refractivity (Wildman–Crippen MR) is 120 cm³/mol. The Kier molecular flexibility index (Phi) is 6.19. The van der Waals surface area contributed by atoms with Crippen LogP contribution in [0.1, 0.15) is 26.3 Å². The van der Waals surface area contributed by atoms with Crippen LogP contribution in [-0.4, -0.2) is 37.0 Å². The SMILES string of the molecule is CC(C)C(C)(N)CNc1nc(-c2cc(-c3ccon3)n(Cc3ccccc3F)n2)ncc1F. The highest BCUT2D eigenvalue weighted by Crippen LogP contribution is 2.26. The van der Waals surface area contributed by atoms with Gasteiger partial charge in [0.2, 0.25) is 0 Å². The van der Waals surface area contributed by atoms with Gasteiger partial charge in [0.1, 0.15) is 23.5 Å². The molecule has 33 heavy (non-hydrogen) atoms. The number of nitrogens with two attached hydrogens (primary N) is 1. The van der Waals surface area contributed by atoms with Gasteiger partial charge in [-0.15, -0.1) is 0 Å². The fourth-order valence-corrected chi connectivity index (χ4v) is 3.08. The van der Waals surface area contributed by atoms with Crippen molar-refractivity contribution in [2.24, 2.45) is 11.7 Å². The number of hydrogen-bond donors (Lipinski definition) is 2. The summed E-state index contributed by atoms with van der Waals surface area (Å²) in [6, 6.07) is 9.82. The van der Waals surface area contributed by atoms with Crippen LogP contribution in [0.4, 0.5) is 14.6 Å². The lowest BCUT2D eigenvalue weighted by Gasteiger charge is -2.29. The number of nitrogens with one attached hydrogen (secondary N) is 1. The maximum atomic E-state index is 14.4. The molecule has 8 nitrogen and oxygen atoms in total. The highest BCUT2D eigenvalue weighted by molar-refractivity contribution is 5.63. The topological polar surface area (TPSA) is 108 Å². The molecule has 4 aromatic rings. The summed E-state index contributed by atoms with van der Waals surface area (Å²) >= 11 is 0. The molecule has 0 saturated heterocycles. The number of nitrogens with zero attached hydrogens (tertiary/aromatic N) is 5. The zero-order valence-corrected chi connectivity index (χ0v) is 18.6. The van der Waals surface area contributed by atoms with Gasteiger partial charge >= 0.3 is 0 Å². The van der Waals surface area contributed by atoms with Crippen LogP contribution in [0, 0.1) is 17.6 Å². The summed E-state index contributed by atoms with van der Waals surface area (Å²) in [6.07, 6.45) is 2.52. The number of benzene rings is 1. The zero-order chi connectivity index (χ0) is 23.6. The van der Waals surface area contributed by atoms with Crippen molar-refractivity contribution in [1.82, 2.24) is 24.9 Å². The Hall–Kier alpha value is -3.66. The third-order valence-corrected chi connectivity index (χ3v) is 5.69. The normalized spacial score (nSPS) is 13.3. The highest BCUT2D eigenvalue weighted by atomic mass is 19.1. The van der Waals surface area contributed by atoms with Crippen molar-refractivity contribution in [3.63, 3.8) is 0 Å². The molecule has 3 N–H and O–H groups in total. The smallest absolute Gasteiger partial charge is 0.183 e. The first-order valence-corrected chi connectivity index (χ1v) is 10.5. The van der Waals surface area contributed by atoms with E-state index in [1.54, 1.807) is 35.0 Å². The summed E-state index contributed by atoms with van der Waals surface area (Å²) in [5.74, 6) is -0.530. The molecule has 0 fully saturated rings. The van der Waals surface area contributed by atoms with E-state index in [9.17, 15) is 8.78 Å².